The van der Waals surface area contributed by atoms with E-state index in [4.69, 9.17) is 9.15 Å². The Labute approximate surface area is 153 Å². The summed E-state index contributed by atoms with van der Waals surface area (Å²) in [4.78, 5) is 28.0. The average Bonchev–Trinajstić information content (AvgIpc) is 3.16. The molecule has 3 rings (SSSR count). The van der Waals surface area contributed by atoms with Crippen molar-refractivity contribution >= 4 is 29.3 Å². The standard InChI is InChI=1S/C17H14N4O4S/c1-24-16(23)11-6-2-3-7-12(11)19-14(22)10-26-17-21-20-15(25-17)13-8-4-5-9-18-13/h2-9H,10H2,1H3,(H,19,22). The van der Waals surface area contributed by atoms with Crippen LogP contribution in [0.25, 0.3) is 11.6 Å². The van der Waals surface area contributed by atoms with Crippen molar-refractivity contribution in [3.8, 4) is 11.6 Å². The van der Waals surface area contributed by atoms with Crippen molar-refractivity contribution < 1.29 is 18.7 Å². The van der Waals surface area contributed by atoms with Gasteiger partial charge in [-0.15, -0.1) is 10.2 Å². The van der Waals surface area contributed by atoms with Crippen LogP contribution in [0.2, 0.25) is 0 Å². The number of pyridine rings is 1. The number of carbonyl (C=O) groups is 2. The normalized spacial score (nSPS) is 10.3. The predicted octanol–water partition coefficient (Wildman–Crippen LogP) is 2.65. The minimum absolute atomic E-state index is 0.0410. The van der Waals surface area contributed by atoms with E-state index in [0.29, 0.717) is 11.4 Å². The van der Waals surface area contributed by atoms with Gasteiger partial charge in [-0.3, -0.25) is 9.78 Å². The number of aromatic nitrogens is 3. The van der Waals surface area contributed by atoms with Crippen LogP contribution in [0.1, 0.15) is 10.4 Å². The van der Waals surface area contributed by atoms with E-state index < -0.39 is 5.97 Å². The van der Waals surface area contributed by atoms with E-state index in [2.05, 4.69) is 20.5 Å². The lowest BCUT2D eigenvalue weighted by Crippen LogP contribution is -2.17. The molecule has 0 saturated heterocycles. The van der Waals surface area contributed by atoms with Crippen molar-refractivity contribution in [1.29, 1.82) is 0 Å². The van der Waals surface area contributed by atoms with Gasteiger partial charge in [0.15, 0.2) is 0 Å². The predicted molar refractivity (Wildman–Crippen MR) is 94.7 cm³/mol. The Morgan fingerprint density at radius 3 is 2.73 bits per heavy atom. The summed E-state index contributed by atoms with van der Waals surface area (Å²) in [5.74, 6) is -0.516. The highest BCUT2D eigenvalue weighted by molar-refractivity contribution is 7.99. The number of nitrogens with zero attached hydrogens (tertiary/aromatic N) is 3. The fourth-order valence-electron chi connectivity index (χ4n) is 2.05. The van der Waals surface area contributed by atoms with Gasteiger partial charge < -0.3 is 14.5 Å². The largest absolute Gasteiger partial charge is 0.465 e. The van der Waals surface area contributed by atoms with Crippen LogP contribution in [0.5, 0.6) is 0 Å². The van der Waals surface area contributed by atoms with Gasteiger partial charge in [-0.2, -0.15) is 0 Å². The molecule has 0 aliphatic rings. The van der Waals surface area contributed by atoms with Gasteiger partial charge in [0.25, 0.3) is 11.1 Å². The second-order valence-electron chi connectivity index (χ2n) is 4.96. The molecule has 0 aliphatic carbocycles. The van der Waals surface area contributed by atoms with Gasteiger partial charge in [0.05, 0.1) is 24.1 Å². The first-order chi connectivity index (χ1) is 12.7. The summed E-state index contributed by atoms with van der Waals surface area (Å²) in [6.07, 6.45) is 1.62. The van der Waals surface area contributed by atoms with E-state index in [0.717, 1.165) is 11.8 Å². The third kappa shape index (κ3) is 4.25. The Morgan fingerprint density at radius 2 is 1.96 bits per heavy atom. The molecule has 26 heavy (non-hydrogen) atoms. The number of anilines is 1. The Kier molecular flexibility index (Phi) is 5.59. The number of benzene rings is 1. The molecule has 8 nitrogen and oxygen atoms in total. The van der Waals surface area contributed by atoms with Gasteiger partial charge in [0, 0.05) is 6.20 Å². The molecule has 0 spiro atoms. The number of para-hydroxylation sites is 1. The molecule has 0 unspecified atom stereocenters. The maximum absolute atomic E-state index is 12.1. The quantitative estimate of drug-likeness (QED) is 0.521. The minimum atomic E-state index is -0.523. The van der Waals surface area contributed by atoms with Crippen LogP contribution in [-0.2, 0) is 9.53 Å². The molecule has 9 heteroatoms. The zero-order chi connectivity index (χ0) is 18.4. The topological polar surface area (TPSA) is 107 Å². The van der Waals surface area contributed by atoms with E-state index in [9.17, 15) is 9.59 Å². The summed E-state index contributed by atoms with van der Waals surface area (Å²) in [7, 11) is 1.28. The summed E-state index contributed by atoms with van der Waals surface area (Å²) in [6.45, 7) is 0. The summed E-state index contributed by atoms with van der Waals surface area (Å²) in [5, 5.41) is 10.7. The van der Waals surface area contributed by atoms with Gasteiger partial charge in [-0.1, -0.05) is 30.0 Å². The fourth-order valence-corrected chi connectivity index (χ4v) is 2.62. The SMILES string of the molecule is COC(=O)c1ccccc1NC(=O)CSc1nnc(-c2ccccn2)o1. The van der Waals surface area contributed by atoms with Crippen molar-refractivity contribution in [2.45, 2.75) is 5.22 Å². The molecule has 0 radical (unpaired) electrons. The number of rotatable bonds is 6. The molecule has 1 N–H and O–H groups in total. The highest BCUT2D eigenvalue weighted by Gasteiger charge is 2.15. The highest BCUT2D eigenvalue weighted by Crippen LogP contribution is 2.22. The lowest BCUT2D eigenvalue weighted by molar-refractivity contribution is -0.113. The third-order valence-corrected chi connectivity index (χ3v) is 4.04. The Morgan fingerprint density at radius 1 is 1.15 bits per heavy atom. The van der Waals surface area contributed by atoms with Gasteiger partial charge in [0.2, 0.25) is 5.91 Å². The fraction of sp³-hybridized carbons (Fsp3) is 0.118. The lowest BCUT2D eigenvalue weighted by Gasteiger charge is -2.08. The second kappa shape index (κ2) is 8.26. The maximum Gasteiger partial charge on any atom is 0.339 e. The number of methoxy groups -OCH3 is 1. The number of hydrogen-bond donors (Lipinski definition) is 1. The van der Waals surface area contributed by atoms with E-state index in [-0.39, 0.29) is 28.3 Å². The van der Waals surface area contributed by atoms with E-state index in [1.165, 1.54) is 7.11 Å². The minimum Gasteiger partial charge on any atom is -0.465 e. The van der Waals surface area contributed by atoms with Crippen molar-refractivity contribution in [2.24, 2.45) is 0 Å². The Hall–Kier alpha value is -3.20. The van der Waals surface area contributed by atoms with Gasteiger partial charge >= 0.3 is 5.97 Å². The van der Waals surface area contributed by atoms with Gasteiger partial charge in [0.1, 0.15) is 5.69 Å². The number of carbonyl (C=O) groups excluding carboxylic acids is 2. The third-order valence-electron chi connectivity index (χ3n) is 3.22. The molecule has 0 bridgehead atoms. The molecule has 3 aromatic rings. The van der Waals surface area contributed by atoms with Gasteiger partial charge in [-0.25, -0.2) is 4.79 Å². The average molecular weight is 370 g/mol. The van der Waals surface area contributed by atoms with E-state index >= 15 is 0 Å². The molecule has 0 fully saturated rings. The number of hydrogen-bond acceptors (Lipinski definition) is 8. The number of nitrogens with one attached hydrogen (secondary N) is 1. The first-order valence-electron chi connectivity index (χ1n) is 7.52. The number of amides is 1. The molecule has 0 atom stereocenters. The summed E-state index contributed by atoms with van der Waals surface area (Å²) >= 11 is 1.09. The zero-order valence-electron chi connectivity index (χ0n) is 13.7. The monoisotopic (exact) mass is 370 g/mol. The molecular formula is C17H14N4O4S. The lowest BCUT2D eigenvalue weighted by atomic mass is 10.2. The molecule has 1 aromatic carbocycles. The zero-order valence-corrected chi connectivity index (χ0v) is 14.5. The van der Waals surface area contributed by atoms with Crippen LogP contribution in [0.15, 0.2) is 58.3 Å². The van der Waals surface area contributed by atoms with Crippen LogP contribution in [-0.4, -0.2) is 39.9 Å². The van der Waals surface area contributed by atoms with Crippen LogP contribution >= 0.6 is 11.8 Å². The molecule has 132 valence electrons. The first-order valence-corrected chi connectivity index (χ1v) is 8.51. The summed E-state index contributed by atoms with van der Waals surface area (Å²) in [5.41, 5.74) is 1.22. The number of esters is 1. The van der Waals surface area contributed by atoms with Crippen molar-refractivity contribution in [2.75, 3.05) is 18.2 Å². The highest BCUT2D eigenvalue weighted by atomic mass is 32.2. The number of thioether (sulfide) groups is 1. The Bertz CT molecular complexity index is 914. The van der Waals surface area contributed by atoms with Crippen LogP contribution < -0.4 is 5.32 Å². The van der Waals surface area contributed by atoms with E-state index in [1.54, 1.807) is 42.6 Å². The second-order valence-corrected chi connectivity index (χ2v) is 5.89. The van der Waals surface area contributed by atoms with Crippen LogP contribution in [0, 0.1) is 0 Å². The van der Waals surface area contributed by atoms with Crippen LogP contribution in [0.3, 0.4) is 0 Å². The molecule has 0 aliphatic heterocycles. The van der Waals surface area contributed by atoms with E-state index in [1.807, 2.05) is 6.07 Å². The van der Waals surface area contributed by atoms with Crippen molar-refractivity contribution in [3.05, 3.63) is 54.2 Å². The molecule has 2 aromatic heterocycles. The number of ether oxygens (including phenoxy) is 1. The summed E-state index contributed by atoms with van der Waals surface area (Å²) < 4.78 is 10.2. The van der Waals surface area contributed by atoms with Crippen molar-refractivity contribution in [3.63, 3.8) is 0 Å². The molecule has 0 saturated carbocycles. The Balaban J connectivity index is 1.60. The molecule has 1 amide bonds. The summed E-state index contributed by atoms with van der Waals surface area (Å²) in [6, 6.07) is 11.9. The van der Waals surface area contributed by atoms with Crippen LogP contribution in [0.4, 0.5) is 5.69 Å². The molecular weight excluding hydrogens is 356 g/mol. The smallest absolute Gasteiger partial charge is 0.339 e. The maximum atomic E-state index is 12.1. The van der Waals surface area contributed by atoms with Crippen molar-refractivity contribution in [1.82, 2.24) is 15.2 Å². The first kappa shape index (κ1) is 17.6. The van der Waals surface area contributed by atoms with Gasteiger partial charge in [-0.05, 0) is 24.3 Å². The molecule has 2 heterocycles.